The van der Waals surface area contributed by atoms with Gasteiger partial charge in [0.2, 0.25) is 11.7 Å². The second-order valence-corrected chi connectivity index (χ2v) is 11.3. The van der Waals surface area contributed by atoms with Crippen molar-refractivity contribution in [2.24, 2.45) is 10.9 Å². The van der Waals surface area contributed by atoms with E-state index in [-0.39, 0.29) is 23.0 Å². The molecule has 4 aliphatic rings. The van der Waals surface area contributed by atoms with Gasteiger partial charge in [0.25, 0.3) is 5.91 Å². The van der Waals surface area contributed by atoms with E-state index in [0.29, 0.717) is 18.3 Å². The molecule has 5 rings (SSSR count). The van der Waals surface area contributed by atoms with Crippen LogP contribution in [0.4, 0.5) is 0 Å². The Labute approximate surface area is 219 Å². The first kappa shape index (κ1) is 26.0. The summed E-state index contributed by atoms with van der Waals surface area (Å²) in [5.74, 6) is -0.289. The zero-order chi connectivity index (χ0) is 26.0. The first-order valence-corrected chi connectivity index (χ1v) is 13.5. The number of hydrazine groups is 1. The topological polar surface area (TPSA) is 98.3 Å². The number of nitrogens with one attached hydrogen (secondary N) is 3. The number of aliphatic imine (C=N–C) groups is 1. The molecule has 0 bridgehead atoms. The molecule has 3 fully saturated rings. The van der Waals surface area contributed by atoms with Crippen molar-refractivity contribution in [3.8, 4) is 0 Å². The fourth-order valence-electron chi connectivity index (χ4n) is 6.39. The molecule has 200 valence electrons. The number of hydrogen-bond donors (Lipinski definition) is 3. The molecule has 3 N–H and O–H groups in total. The number of carbonyl (C=O) groups is 2. The third-order valence-electron chi connectivity index (χ3n) is 9.01. The van der Waals surface area contributed by atoms with Gasteiger partial charge in [0.05, 0.1) is 6.17 Å². The molecule has 2 aliphatic carbocycles. The van der Waals surface area contributed by atoms with E-state index in [0.717, 1.165) is 51.4 Å². The number of rotatable bonds is 7. The number of Topliss-reactive ketones (excluding diaryl/α,β-unsaturated/α-hetero) is 1. The molecular weight excluding hydrogens is 468 g/mol. The molecule has 1 saturated heterocycles. The van der Waals surface area contributed by atoms with Crippen LogP contribution in [0, 0.1) is 5.92 Å². The second-order valence-electron chi connectivity index (χ2n) is 11.3. The molecule has 9 nitrogen and oxygen atoms in total. The van der Waals surface area contributed by atoms with Crippen molar-refractivity contribution in [2.45, 2.75) is 81.3 Å². The van der Waals surface area contributed by atoms with Crippen LogP contribution in [0.15, 0.2) is 47.6 Å². The summed E-state index contributed by atoms with van der Waals surface area (Å²) in [5.41, 5.74) is 8.36. The van der Waals surface area contributed by atoms with Gasteiger partial charge in [-0.05, 0) is 70.2 Å². The monoisotopic (exact) mass is 508 g/mol. The quantitative estimate of drug-likeness (QED) is 0.487. The van der Waals surface area contributed by atoms with Crippen LogP contribution in [0.1, 0.15) is 63.4 Å². The smallest absolute Gasteiger partial charge is 0.294 e. The number of carbonyl (C=O) groups excluding carboxylic acids is 2. The predicted octanol–water partition coefficient (Wildman–Crippen LogP) is 2.61. The number of ketones is 1. The van der Waals surface area contributed by atoms with Crippen LogP contribution < -0.4 is 16.2 Å². The van der Waals surface area contributed by atoms with Gasteiger partial charge in [0, 0.05) is 37.2 Å². The number of benzene rings is 1. The fraction of sp³-hybridized carbons (Fsp3) is 0.607. The van der Waals surface area contributed by atoms with Crippen molar-refractivity contribution >= 4 is 17.6 Å². The molecule has 2 saturated carbocycles. The van der Waals surface area contributed by atoms with Crippen LogP contribution in [0.3, 0.4) is 0 Å². The van der Waals surface area contributed by atoms with E-state index in [1.807, 2.05) is 11.0 Å². The summed E-state index contributed by atoms with van der Waals surface area (Å²) in [4.78, 5) is 34.0. The van der Waals surface area contributed by atoms with Crippen LogP contribution in [-0.2, 0) is 19.9 Å². The van der Waals surface area contributed by atoms with Crippen molar-refractivity contribution in [1.82, 2.24) is 26.0 Å². The van der Waals surface area contributed by atoms with E-state index in [1.54, 1.807) is 13.3 Å². The molecule has 2 aliphatic heterocycles. The van der Waals surface area contributed by atoms with Crippen LogP contribution in [0.25, 0.3) is 0 Å². The number of methoxy groups -OCH3 is 1. The van der Waals surface area contributed by atoms with Gasteiger partial charge in [-0.2, -0.15) is 0 Å². The van der Waals surface area contributed by atoms with Crippen LogP contribution in [0.2, 0.25) is 0 Å². The number of nitrogens with zero attached hydrogens (tertiary/aromatic N) is 3. The average Bonchev–Trinajstić information content (AvgIpc) is 3.29. The van der Waals surface area contributed by atoms with Crippen molar-refractivity contribution in [1.29, 1.82) is 0 Å². The molecule has 1 unspecified atom stereocenters. The second kappa shape index (κ2) is 10.6. The van der Waals surface area contributed by atoms with Crippen molar-refractivity contribution in [3.63, 3.8) is 0 Å². The number of hydrogen-bond acceptors (Lipinski definition) is 8. The first-order valence-electron chi connectivity index (χ1n) is 13.5. The van der Waals surface area contributed by atoms with E-state index < -0.39 is 12.1 Å². The van der Waals surface area contributed by atoms with Gasteiger partial charge >= 0.3 is 0 Å². The average molecular weight is 509 g/mol. The molecule has 2 atom stereocenters. The van der Waals surface area contributed by atoms with Gasteiger partial charge in [-0.3, -0.25) is 24.7 Å². The Morgan fingerprint density at radius 1 is 1.16 bits per heavy atom. The Morgan fingerprint density at radius 3 is 2.51 bits per heavy atom. The minimum absolute atomic E-state index is 0.0105. The Morgan fingerprint density at radius 2 is 1.89 bits per heavy atom. The summed E-state index contributed by atoms with van der Waals surface area (Å²) < 4.78 is 5.73. The van der Waals surface area contributed by atoms with Crippen LogP contribution >= 0.6 is 0 Å². The number of amides is 1. The molecule has 37 heavy (non-hydrogen) atoms. The third kappa shape index (κ3) is 5.10. The van der Waals surface area contributed by atoms with Crippen LogP contribution in [0.5, 0.6) is 0 Å². The maximum Gasteiger partial charge on any atom is 0.294 e. The minimum atomic E-state index is -0.599. The largest absolute Gasteiger partial charge is 0.358 e. The molecular formula is C28H40N6O3. The summed E-state index contributed by atoms with van der Waals surface area (Å²) in [6, 6.07) is 10.8. The third-order valence-corrected chi connectivity index (χ3v) is 9.01. The van der Waals surface area contributed by atoms with Gasteiger partial charge in [0.15, 0.2) is 6.23 Å². The Balaban J connectivity index is 1.27. The normalized spacial score (nSPS) is 31.9. The Bertz CT molecular complexity index is 1040. The number of guanidine groups is 1. The maximum atomic E-state index is 12.7. The maximum absolute atomic E-state index is 12.7. The van der Waals surface area contributed by atoms with E-state index >= 15 is 0 Å². The summed E-state index contributed by atoms with van der Waals surface area (Å²) in [5, 5.41) is 2.79. The lowest BCUT2D eigenvalue weighted by molar-refractivity contribution is -0.138. The molecule has 2 heterocycles. The van der Waals surface area contributed by atoms with Gasteiger partial charge in [-0.25, -0.2) is 15.8 Å². The van der Waals surface area contributed by atoms with E-state index in [1.165, 1.54) is 5.56 Å². The summed E-state index contributed by atoms with van der Waals surface area (Å²) in [6.45, 7) is 0. The molecule has 9 heteroatoms. The van der Waals surface area contributed by atoms with Crippen molar-refractivity contribution in [3.05, 3.63) is 48.2 Å². The molecule has 1 spiro atoms. The van der Waals surface area contributed by atoms with Gasteiger partial charge in [-0.15, -0.1) is 0 Å². The van der Waals surface area contributed by atoms with Gasteiger partial charge in [0.1, 0.15) is 0 Å². The first-order chi connectivity index (χ1) is 17.9. The van der Waals surface area contributed by atoms with Crippen molar-refractivity contribution in [2.75, 3.05) is 21.2 Å². The summed E-state index contributed by atoms with van der Waals surface area (Å²) in [6.07, 6.45) is 11.3. The fourth-order valence-corrected chi connectivity index (χ4v) is 6.39. The van der Waals surface area contributed by atoms with Gasteiger partial charge in [-0.1, -0.05) is 36.8 Å². The van der Waals surface area contributed by atoms with Crippen molar-refractivity contribution < 1.29 is 14.3 Å². The lowest BCUT2D eigenvalue weighted by atomic mass is 9.68. The summed E-state index contributed by atoms with van der Waals surface area (Å²) in [7, 11) is 5.99. The Hall–Kier alpha value is -2.59. The molecule has 0 aromatic heterocycles. The lowest BCUT2D eigenvalue weighted by Crippen LogP contribution is -2.59. The number of ether oxygens (including phenoxy) is 1. The standard InChI is InChI=1S/C28H40N6O3/c1-33(2)28(21-10-5-4-6-11-21)15-13-27(14-16-28)19-23(31-32-27)34-24(37-3)12-17-29-26(34)30-25(36)22(35)18-20-8-7-9-20/h4-6,10-12,17,20,23-24,31-32H,7-9,13-16,18-19H2,1-3H3,(H,29,30,36)/t23-,24?,27?,28?/m1/s1. The highest BCUT2D eigenvalue weighted by atomic mass is 16.5. The van der Waals surface area contributed by atoms with E-state index in [9.17, 15) is 9.59 Å². The molecule has 1 aromatic rings. The summed E-state index contributed by atoms with van der Waals surface area (Å²) >= 11 is 0. The SMILES string of the molecule is COC1C=CN=C(NC(=O)C(=O)CC2CCC2)N1[C@@H]1CC2(CCC(c3ccccc3)(N(C)C)CC2)NN1. The van der Waals surface area contributed by atoms with Crippen LogP contribution in [-0.4, -0.2) is 66.6 Å². The highest BCUT2D eigenvalue weighted by Gasteiger charge is 2.50. The molecule has 1 aromatic carbocycles. The minimum Gasteiger partial charge on any atom is -0.358 e. The lowest BCUT2D eigenvalue weighted by Gasteiger charge is -2.49. The zero-order valence-corrected chi connectivity index (χ0v) is 22.2. The molecule has 1 amide bonds. The molecule has 0 radical (unpaired) electrons. The highest BCUT2D eigenvalue weighted by molar-refractivity contribution is 6.38. The van der Waals surface area contributed by atoms with E-state index in [2.05, 4.69) is 70.5 Å². The zero-order valence-electron chi connectivity index (χ0n) is 22.2. The predicted molar refractivity (Wildman–Crippen MR) is 142 cm³/mol. The van der Waals surface area contributed by atoms with E-state index in [4.69, 9.17) is 4.74 Å². The Kier molecular flexibility index (Phi) is 7.49. The van der Waals surface area contributed by atoms with Gasteiger partial charge < -0.3 is 4.74 Å². The highest BCUT2D eigenvalue weighted by Crippen LogP contribution is 2.47.